The minimum Gasteiger partial charge on any atom is -0.508 e. The van der Waals surface area contributed by atoms with Crippen LogP contribution in [0.15, 0.2) is 60.7 Å². The molecule has 2 aliphatic rings. The van der Waals surface area contributed by atoms with Gasteiger partial charge in [0.2, 0.25) is 0 Å². The smallest absolute Gasteiger partial charge is 0.326 e. The summed E-state index contributed by atoms with van der Waals surface area (Å²) in [5, 5.41) is 23.2. The van der Waals surface area contributed by atoms with Crippen LogP contribution in [0.4, 0.5) is 0 Å². The zero-order valence-corrected chi connectivity index (χ0v) is 23.1. The molecule has 0 radical (unpaired) electrons. The summed E-state index contributed by atoms with van der Waals surface area (Å²) in [4.78, 5) is 25.4. The molecule has 41 heavy (non-hydrogen) atoms. The molecule has 0 saturated heterocycles. The quantitative estimate of drug-likeness (QED) is 0.263. The van der Waals surface area contributed by atoms with E-state index in [1.54, 1.807) is 25.3 Å². The number of hydrogen-bond acceptors (Lipinski definition) is 5. The monoisotopic (exact) mass is 554 g/mol. The summed E-state index contributed by atoms with van der Waals surface area (Å²) in [7, 11) is 1.65. The van der Waals surface area contributed by atoms with Gasteiger partial charge in [-0.25, -0.2) is 4.79 Å². The van der Waals surface area contributed by atoms with E-state index < -0.39 is 17.9 Å². The Labute approximate surface area is 238 Å². The van der Waals surface area contributed by atoms with Crippen LogP contribution < -0.4 is 14.8 Å². The van der Waals surface area contributed by atoms with Crippen molar-refractivity contribution < 1.29 is 29.3 Å². The van der Waals surface area contributed by atoms with Crippen LogP contribution in [0.3, 0.4) is 0 Å². The molecular weight excluding hydrogens is 520 g/mol. The van der Waals surface area contributed by atoms with Crippen molar-refractivity contribution in [2.75, 3.05) is 13.7 Å². The average molecular weight is 555 g/mol. The topological polar surface area (TPSA) is 110 Å². The molecule has 0 unspecified atom stereocenters. The molecule has 1 aromatic heterocycles. The van der Waals surface area contributed by atoms with E-state index in [-0.39, 0.29) is 12.2 Å². The fourth-order valence-electron chi connectivity index (χ4n) is 6.35. The van der Waals surface area contributed by atoms with Gasteiger partial charge in [-0.3, -0.25) is 4.79 Å². The number of fused-ring (bicyclic) bond motifs is 5. The fourth-order valence-corrected chi connectivity index (χ4v) is 6.35. The van der Waals surface area contributed by atoms with Crippen molar-refractivity contribution in [1.29, 1.82) is 0 Å². The van der Waals surface area contributed by atoms with Gasteiger partial charge < -0.3 is 29.6 Å². The van der Waals surface area contributed by atoms with Gasteiger partial charge >= 0.3 is 5.97 Å². The predicted molar refractivity (Wildman–Crippen MR) is 156 cm³/mol. The third-order valence-electron chi connectivity index (χ3n) is 8.38. The van der Waals surface area contributed by atoms with Gasteiger partial charge in [-0.05, 0) is 66.3 Å². The number of rotatable bonds is 7. The van der Waals surface area contributed by atoms with E-state index in [2.05, 4.69) is 16.0 Å². The van der Waals surface area contributed by atoms with Gasteiger partial charge in [0.1, 0.15) is 29.9 Å². The fraction of sp³-hybridized carbons (Fsp3) is 0.333. The number of benzene rings is 3. The number of carboxylic acids is 1. The van der Waals surface area contributed by atoms with Crippen LogP contribution in [0.25, 0.3) is 22.2 Å². The Balaban J connectivity index is 1.40. The maximum absolute atomic E-state index is 13.4. The van der Waals surface area contributed by atoms with Crippen molar-refractivity contribution in [2.45, 2.75) is 57.0 Å². The molecule has 6 rings (SSSR count). The first kappa shape index (κ1) is 26.7. The number of carbonyl (C=O) groups excluding carboxylic acids is 1. The molecule has 0 bridgehead atoms. The Hall–Kier alpha value is -4.46. The van der Waals surface area contributed by atoms with Gasteiger partial charge in [-0.15, -0.1) is 0 Å². The lowest BCUT2D eigenvalue weighted by Gasteiger charge is -2.23. The third-order valence-corrected chi connectivity index (χ3v) is 8.38. The number of methoxy groups -OCH3 is 1. The largest absolute Gasteiger partial charge is 0.508 e. The zero-order valence-electron chi connectivity index (χ0n) is 23.1. The maximum Gasteiger partial charge on any atom is 0.326 e. The molecule has 1 aliphatic carbocycles. The number of phenolic OH excluding ortho intramolecular Hbond substituents is 1. The summed E-state index contributed by atoms with van der Waals surface area (Å²) in [6, 6.07) is 16.9. The van der Waals surface area contributed by atoms with Gasteiger partial charge in [-0.2, -0.15) is 0 Å². The number of aromatic nitrogens is 1. The van der Waals surface area contributed by atoms with E-state index in [4.69, 9.17) is 9.47 Å². The SMILES string of the molecule is COc1ccc2c(c1)OCCn1c-2c(C2CCCCC2)c2ccc(C(=O)N[C@@H](Cc3ccc(O)cc3)C(=O)O)cc21. The highest BCUT2D eigenvalue weighted by atomic mass is 16.5. The predicted octanol–water partition coefficient (Wildman–Crippen LogP) is 5.89. The number of aromatic hydroxyl groups is 1. The van der Waals surface area contributed by atoms with Gasteiger partial charge in [0.25, 0.3) is 5.91 Å². The van der Waals surface area contributed by atoms with Gasteiger partial charge in [0, 0.05) is 34.5 Å². The molecule has 4 aromatic rings. The number of nitrogens with zero attached hydrogens (tertiary/aromatic N) is 1. The van der Waals surface area contributed by atoms with Crippen LogP contribution in [0.2, 0.25) is 0 Å². The molecule has 2 heterocycles. The standard InChI is InChI=1S/C33H34N2O6/c1-40-24-12-14-26-29(19-24)41-16-15-35-28-18-22(9-13-25(28)30(31(26)35)21-5-3-2-4-6-21)32(37)34-27(33(38)39)17-20-7-10-23(36)11-8-20/h7-14,18-19,21,27,36H,2-6,15-17H2,1H3,(H,34,37)(H,38,39)/t27-/m0/s1. The van der Waals surface area contributed by atoms with E-state index in [1.807, 2.05) is 24.3 Å². The van der Waals surface area contributed by atoms with Crippen molar-refractivity contribution in [3.8, 4) is 28.5 Å². The van der Waals surface area contributed by atoms with Gasteiger partial charge in [-0.1, -0.05) is 37.5 Å². The normalized spacial score (nSPS) is 15.7. The molecule has 1 atom stereocenters. The minimum absolute atomic E-state index is 0.101. The zero-order chi connectivity index (χ0) is 28.5. The molecule has 1 aliphatic heterocycles. The molecule has 1 amide bonds. The lowest BCUT2D eigenvalue weighted by atomic mass is 9.81. The molecule has 1 saturated carbocycles. The molecule has 3 aromatic carbocycles. The molecule has 1 fully saturated rings. The summed E-state index contributed by atoms with van der Waals surface area (Å²) in [6.45, 7) is 1.10. The van der Waals surface area contributed by atoms with E-state index in [0.29, 0.717) is 30.2 Å². The molecule has 3 N–H and O–H groups in total. The molecule has 212 valence electrons. The Morgan fingerprint density at radius 1 is 1.05 bits per heavy atom. The van der Waals surface area contributed by atoms with Crippen LogP contribution in [-0.4, -0.2) is 46.4 Å². The first-order valence-electron chi connectivity index (χ1n) is 14.2. The van der Waals surface area contributed by atoms with Gasteiger partial charge in [0.05, 0.1) is 19.3 Å². The number of amides is 1. The summed E-state index contributed by atoms with van der Waals surface area (Å²) in [6.07, 6.45) is 5.99. The maximum atomic E-state index is 13.4. The number of aliphatic carboxylic acids is 1. The second-order valence-corrected chi connectivity index (χ2v) is 10.9. The van der Waals surface area contributed by atoms with E-state index >= 15 is 0 Å². The Bertz CT molecular complexity index is 1600. The summed E-state index contributed by atoms with van der Waals surface area (Å²) < 4.78 is 13.9. The van der Waals surface area contributed by atoms with Crippen LogP contribution in [-0.2, 0) is 17.8 Å². The van der Waals surface area contributed by atoms with Gasteiger partial charge in [0.15, 0.2) is 0 Å². The van der Waals surface area contributed by atoms with Crippen LogP contribution >= 0.6 is 0 Å². The van der Waals surface area contributed by atoms with E-state index in [9.17, 15) is 19.8 Å². The highest BCUT2D eigenvalue weighted by molar-refractivity contribution is 6.02. The Morgan fingerprint density at radius 3 is 2.56 bits per heavy atom. The number of carbonyl (C=O) groups is 2. The van der Waals surface area contributed by atoms with E-state index in [1.165, 1.54) is 37.0 Å². The van der Waals surface area contributed by atoms with Crippen molar-refractivity contribution >= 4 is 22.8 Å². The van der Waals surface area contributed by atoms with Crippen molar-refractivity contribution in [2.24, 2.45) is 0 Å². The van der Waals surface area contributed by atoms with E-state index in [0.717, 1.165) is 46.5 Å². The summed E-state index contributed by atoms with van der Waals surface area (Å²) in [5.41, 5.74) is 5.52. The van der Waals surface area contributed by atoms with Crippen molar-refractivity contribution in [3.05, 3.63) is 77.4 Å². The lowest BCUT2D eigenvalue weighted by Crippen LogP contribution is -2.42. The van der Waals surface area contributed by atoms with Crippen molar-refractivity contribution in [1.82, 2.24) is 9.88 Å². The first-order valence-corrected chi connectivity index (χ1v) is 14.2. The second kappa shape index (κ2) is 11.2. The summed E-state index contributed by atoms with van der Waals surface area (Å²) in [5.74, 6) is 0.489. The number of ether oxygens (including phenoxy) is 2. The highest BCUT2D eigenvalue weighted by Crippen LogP contribution is 2.47. The van der Waals surface area contributed by atoms with Crippen LogP contribution in [0.1, 0.15) is 59.5 Å². The number of carboxylic acid groups (broad SMARTS) is 1. The first-order chi connectivity index (χ1) is 19.9. The molecule has 8 nitrogen and oxygen atoms in total. The number of nitrogens with one attached hydrogen (secondary N) is 1. The Morgan fingerprint density at radius 2 is 1.83 bits per heavy atom. The van der Waals surface area contributed by atoms with Crippen LogP contribution in [0, 0.1) is 0 Å². The molecule has 8 heteroatoms. The average Bonchev–Trinajstić information content (AvgIpc) is 3.19. The van der Waals surface area contributed by atoms with Crippen LogP contribution in [0.5, 0.6) is 17.2 Å². The minimum atomic E-state index is -1.12. The Kier molecular flexibility index (Phi) is 7.30. The third kappa shape index (κ3) is 5.22. The highest BCUT2D eigenvalue weighted by Gasteiger charge is 2.30. The summed E-state index contributed by atoms with van der Waals surface area (Å²) >= 11 is 0. The lowest BCUT2D eigenvalue weighted by molar-refractivity contribution is -0.139. The molecular formula is C33H34N2O6. The molecule has 0 spiro atoms. The number of phenols is 1. The second-order valence-electron chi connectivity index (χ2n) is 10.9. The van der Waals surface area contributed by atoms with Crippen molar-refractivity contribution in [3.63, 3.8) is 0 Å². The number of hydrogen-bond donors (Lipinski definition) is 3.